The Morgan fingerprint density at radius 3 is 2.89 bits per heavy atom. The Morgan fingerprint density at radius 2 is 2.22 bits per heavy atom. The molecule has 18 heavy (non-hydrogen) atoms. The van der Waals surface area contributed by atoms with Gasteiger partial charge in [-0.1, -0.05) is 24.1 Å². The maximum atomic E-state index is 11.0. The number of hydrogen-bond acceptors (Lipinski definition) is 3. The van der Waals surface area contributed by atoms with Gasteiger partial charge in [0.1, 0.15) is 0 Å². The lowest BCUT2D eigenvalue weighted by Crippen LogP contribution is -2.13. The summed E-state index contributed by atoms with van der Waals surface area (Å²) >= 11 is 0. The molecule has 4 nitrogen and oxygen atoms in total. The summed E-state index contributed by atoms with van der Waals surface area (Å²) in [7, 11) is 0. The van der Waals surface area contributed by atoms with Crippen LogP contribution in [0.25, 0.3) is 10.9 Å². The number of pyridine rings is 1. The van der Waals surface area contributed by atoms with Crippen molar-refractivity contribution < 1.29 is 9.90 Å². The van der Waals surface area contributed by atoms with Gasteiger partial charge in [0.2, 0.25) is 0 Å². The number of anilines is 1. The first kappa shape index (κ1) is 11.9. The van der Waals surface area contributed by atoms with Gasteiger partial charge in [-0.05, 0) is 19.1 Å². The molecule has 1 atom stereocenters. The number of aromatic nitrogens is 1. The lowest BCUT2D eigenvalue weighted by Gasteiger charge is -2.12. The van der Waals surface area contributed by atoms with Crippen LogP contribution in [0.2, 0.25) is 0 Å². The number of carbonyl (C=O) groups is 1. The van der Waals surface area contributed by atoms with E-state index in [1.165, 1.54) is 6.07 Å². The van der Waals surface area contributed by atoms with Crippen molar-refractivity contribution in [2.45, 2.75) is 13.0 Å². The summed E-state index contributed by atoms with van der Waals surface area (Å²) in [6, 6.07) is 8.65. The summed E-state index contributed by atoms with van der Waals surface area (Å²) in [5.74, 6) is 1.49. The van der Waals surface area contributed by atoms with Crippen LogP contribution in [-0.2, 0) is 0 Å². The Morgan fingerprint density at radius 1 is 1.50 bits per heavy atom. The molecule has 0 aliphatic rings. The van der Waals surface area contributed by atoms with E-state index in [1.807, 2.05) is 25.1 Å². The Labute approximate surface area is 105 Å². The molecular weight excluding hydrogens is 228 g/mol. The highest BCUT2D eigenvalue weighted by Crippen LogP contribution is 2.23. The second kappa shape index (κ2) is 4.76. The third-order valence-electron chi connectivity index (χ3n) is 2.56. The summed E-state index contributed by atoms with van der Waals surface area (Å²) in [4.78, 5) is 15.1. The van der Waals surface area contributed by atoms with Gasteiger partial charge in [-0.15, -0.1) is 6.42 Å². The lowest BCUT2D eigenvalue weighted by atomic mass is 10.1. The first-order chi connectivity index (χ1) is 8.61. The fourth-order valence-corrected chi connectivity index (χ4v) is 1.68. The van der Waals surface area contributed by atoms with Crippen molar-refractivity contribution in [3.8, 4) is 12.3 Å². The van der Waals surface area contributed by atoms with Crippen molar-refractivity contribution in [3.05, 3.63) is 36.0 Å². The first-order valence-corrected chi connectivity index (χ1v) is 5.47. The second-order valence-corrected chi connectivity index (χ2v) is 3.91. The number of terminal acetylenes is 1. The molecule has 0 amide bonds. The molecule has 0 saturated heterocycles. The van der Waals surface area contributed by atoms with E-state index in [0.29, 0.717) is 11.2 Å². The highest BCUT2D eigenvalue weighted by atomic mass is 16.4. The topological polar surface area (TPSA) is 62.2 Å². The standard InChI is InChI=1S/C14H12N2O2/c1-3-9(2)15-12-8-13(14(17)18)16-11-7-5-4-6-10(11)12/h1,4-9H,2H3,(H,15,16)(H,17,18). The summed E-state index contributed by atoms with van der Waals surface area (Å²) in [5.41, 5.74) is 1.31. The van der Waals surface area contributed by atoms with E-state index in [0.717, 1.165) is 5.39 Å². The second-order valence-electron chi connectivity index (χ2n) is 3.91. The highest BCUT2D eigenvalue weighted by Gasteiger charge is 2.11. The van der Waals surface area contributed by atoms with Crippen LogP contribution in [0.5, 0.6) is 0 Å². The molecule has 0 aliphatic heterocycles. The molecule has 1 aromatic carbocycles. The number of hydrogen-bond donors (Lipinski definition) is 2. The Hall–Kier alpha value is -2.54. The maximum absolute atomic E-state index is 11.0. The van der Waals surface area contributed by atoms with Crippen LogP contribution in [0.15, 0.2) is 30.3 Å². The van der Waals surface area contributed by atoms with Crippen LogP contribution >= 0.6 is 0 Å². The van der Waals surface area contributed by atoms with Gasteiger partial charge in [-0.25, -0.2) is 9.78 Å². The Bertz CT molecular complexity index is 644. The van der Waals surface area contributed by atoms with Crippen molar-refractivity contribution in [2.75, 3.05) is 5.32 Å². The summed E-state index contributed by atoms with van der Waals surface area (Å²) < 4.78 is 0. The van der Waals surface area contributed by atoms with Crippen LogP contribution in [0.3, 0.4) is 0 Å². The van der Waals surface area contributed by atoms with E-state index in [9.17, 15) is 4.79 Å². The predicted octanol–water partition coefficient (Wildman–Crippen LogP) is 2.37. The number of aromatic carboxylic acids is 1. The quantitative estimate of drug-likeness (QED) is 0.808. The van der Waals surface area contributed by atoms with Crippen LogP contribution in [0.4, 0.5) is 5.69 Å². The third kappa shape index (κ3) is 2.25. The van der Waals surface area contributed by atoms with Crippen molar-refractivity contribution in [1.82, 2.24) is 4.98 Å². The van der Waals surface area contributed by atoms with Gasteiger partial charge < -0.3 is 10.4 Å². The van der Waals surface area contributed by atoms with Gasteiger partial charge in [0.15, 0.2) is 5.69 Å². The van der Waals surface area contributed by atoms with E-state index in [4.69, 9.17) is 11.5 Å². The molecule has 1 aromatic heterocycles. The fourth-order valence-electron chi connectivity index (χ4n) is 1.68. The molecule has 4 heteroatoms. The third-order valence-corrected chi connectivity index (χ3v) is 2.56. The van der Waals surface area contributed by atoms with E-state index in [-0.39, 0.29) is 11.7 Å². The van der Waals surface area contributed by atoms with E-state index >= 15 is 0 Å². The van der Waals surface area contributed by atoms with E-state index in [2.05, 4.69) is 16.2 Å². The Kier molecular flexibility index (Phi) is 3.16. The largest absolute Gasteiger partial charge is 0.477 e. The van der Waals surface area contributed by atoms with Gasteiger partial charge in [0.05, 0.1) is 11.6 Å². The molecule has 0 radical (unpaired) electrons. The molecule has 2 N–H and O–H groups in total. The van der Waals surface area contributed by atoms with Gasteiger partial charge in [-0.2, -0.15) is 0 Å². The zero-order chi connectivity index (χ0) is 13.1. The number of nitrogens with one attached hydrogen (secondary N) is 1. The molecule has 0 bridgehead atoms. The molecule has 0 spiro atoms. The number of carboxylic acids is 1. The maximum Gasteiger partial charge on any atom is 0.354 e. The molecule has 0 aliphatic carbocycles. The monoisotopic (exact) mass is 240 g/mol. The number of carboxylic acid groups (broad SMARTS) is 1. The van der Waals surface area contributed by atoms with Crippen LogP contribution in [0, 0.1) is 12.3 Å². The first-order valence-electron chi connectivity index (χ1n) is 5.47. The van der Waals surface area contributed by atoms with Gasteiger partial charge in [0.25, 0.3) is 0 Å². The Balaban J connectivity index is 2.61. The molecule has 1 heterocycles. The number of fused-ring (bicyclic) bond motifs is 1. The predicted molar refractivity (Wildman–Crippen MR) is 70.6 cm³/mol. The van der Waals surface area contributed by atoms with Crippen LogP contribution in [-0.4, -0.2) is 22.1 Å². The van der Waals surface area contributed by atoms with Crippen molar-refractivity contribution in [2.24, 2.45) is 0 Å². The minimum Gasteiger partial charge on any atom is -0.477 e. The zero-order valence-electron chi connectivity index (χ0n) is 9.84. The molecule has 2 aromatic rings. The molecule has 0 fully saturated rings. The van der Waals surface area contributed by atoms with Crippen molar-refractivity contribution >= 4 is 22.6 Å². The van der Waals surface area contributed by atoms with E-state index in [1.54, 1.807) is 6.07 Å². The average Bonchev–Trinajstić information content (AvgIpc) is 2.38. The normalized spacial score (nSPS) is 11.8. The fraction of sp³-hybridized carbons (Fsp3) is 0.143. The summed E-state index contributed by atoms with van der Waals surface area (Å²) in [6.45, 7) is 1.83. The zero-order valence-corrected chi connectivity index (χ0v) is 9.84. The summed E-state index contributed by atoms with van der Waals surface area (Å²) in [6.07, 6.45) is 5.32. The molecule has 0 saturated carbocycles. The number of rotatable bonds is 3. The van der Waals surface area contributed by atoms with E-state index < -0.39 is 5.97 Å². The highest BCUT2D eigenvalue weighted by molar-refractivity contribution is 5.97. The average molecular weight is 240 g/mol. The molecular formula is C14H12N2O2. The van der Waals surface area contributed by atoms with Crippen molar-refractivity contribution in [1.29, 1.82) is 0 Å². The summed E-state index contributed by atoms with van der Waals surface area (Å²) in [5, 5.41) is 13.0. The lowest BCUT2D eigenvalue weighted by molar-refractivity contribution is 0.0691. The minimum atomic E-state index is -1.06. The van der Waals surface area contributed by atoms with Crippen molar-refractivity contribution in [3.63, 3.8) is 0 Å². The molecule has 2 rings (SSSR count). The number of para-hydroxylation sites is 1. The number of benzene rings is 1. The number of nitrogens with zero attached hydrogens (tertiary/aromatic N) is 1. The van der Waals surface area contributed by atoms with Crippen LogP contribution in [0.1, 0.15) is 17.4 Å². The van der Waals surface area contributed by atoms with Crippen LogP contribution < -0.4 is 5.32 Å². The molecule has 90 valence electrons. The SMILES string of the molecule is C#CC(C)Nc1cc(C(=O)O)nc2ccccc12. The van der Waals surface area contributed by atoms with Gasteiger partial charge >= 0.3 is 5.97 Å². The molecule has 1 unspecified atom stereocenters. The minimum absolute atomic E-state index is 0.000390. The van der Waals surface area contributed by atoms with Gasteiger partial charge in [0, 0.05) is 11.1 Å². The smallest absolute Gasteiger partial charge is 0.354 e. The van der Waals surface area contributed by atoms with Gasteiger partial charge in [-0.3, -0.25) is 0 Å².